The first-order valence-electron chi connectivity index (χ1n) is 4.31. The molecule has 1 aromatic rings. The van der Waals surface area contributed by atoms with E-state index < -0.39 is 0 Å². The summed E-state index contributed by atoms with van der Waals surface area (Å²) in [7, 11) is 1.96. The Morgan fingerprint density at radius 3 is 2.69 bits per heavy atom. The van der Waals surface area contributed by atoms with E-state index in [-0.39, 0.29) is 6.10 Å². The molecule has 0 N–H and O–H groups in total. The van der Waals surface area contributed by atoms with Crippen LogP contribution >= 0.6 is 0 Å². The topological polar surface area (TPSA) is 33.0 Å². The molecule has 0 bridgehead atoms. The minimum Gasteiger partial charge on any atom is -0.490 e. The lowest BCUT2D eigenvalue weighted by Crippen LogP contribution is -2.09. The molecule has 3 heteroatoms. The Labute approximate surface area is 79.5 Å². The van der Waals surface area contributed by atoms with Crippen LogP contribution in [0.3, 0.4) is 0 Å². The van der Waals surface area contributed by atoms with Gasteiger partial charge in [-0.25, -0.2) is 0 Å². The second-order valence-corrected chi connectivity index (χ2v) is 3.28. The molecule has 66 valence electrons. The van der Waals surface area contributed by atoms with Crippen molar-refractivity contribution < 1.29 is 4.74 Å². The van der Waals surface area contributed by atoms with Crippen molar-refractivity contribution >= 4 is 13.3 Å². The maximum Gasteiger partial charge on any atom is 0.139 e. The molecule has 0 aliphatic rings. The highest BCUT2D eigenvalue weighted by Crippen LogP contribution is 2.16. The SMILES string of the molecule is Bc1ccc(OC(C)C)c(C#N)c1. The molecule has 0 atom stereocenters. The van der Waals surface area contributed by atoms with Gasteiger partial charge in [-0.15, -0.1) is 0 Å². The van der Waals surface area contributed by atoms with E-state index in [9.17, 15) is 0 Å². The molecule has 13 heavy (non-hydrogen) atoms. The Kier molecular flexibility index (Phi) is 2.97. The molecule has 0 aliphatic heterocycles. The minimum atomic E-state index is 0.106. The standard InChI is InChI=1S/C10H12BNO/c1-7(2)13-10-4-3-9(11)5-8(10)6-12/h3-5,7H,11H2,1-2H3. The van der Waals surface area contributed by atoms with Crippen LogP contribution in [0, 0.1) is 11.3 Å². The fourth-order valence-corrected chi connectivity index (χ4v) is 1.09. The normalized spacial score (nSPS) is 9.69. The van der Waals surface area contributed by atoms with Gasteiger partial charge in [-0.05, 0) is 26.0 Å². The second-order valence-electron chi connectivity index (χ2n) is 3.28. The molecule has 0 aromatic heterocycles. The van der Waals surface area contributed by atoms with Crippen LogP contribution in [0.25, 0.3) is 0 Å². The summed E-state index contributed by atoms with van der Waals surface area (Å²) in [6.45, 7) is 3.89. The maximum absolute atomic E-state index is 8.83. The number of benzene rings is 1. The zero-order valence-electron chi connectivity index (χ0n) is 8.16. The Bertz CT molecular complexity index is 341. The Hall–Kier alpha value is -1.43. The first-order chi connectivity index (χ1) is 6.13. The average molecular weight is 173 g/mol. The largest absolute Gasteiger partial charge is 0.490 e. The van der Waals surface area contributed by atoms with Gasteiger partial charge in [-0.1, -0.05) is 11.5 Å². The fraction of sp³-hybridized carbons (Fsp3) is 0.300. The van der Waals surface area contributed by atoms with Gasteiger partial charge in [-0.2, -0.15) is 5.26 Å². The van der Waals surface area contributed by atoms with Gasteiger partial charge < -0.3 is 4.74 Å². The van der Waals surface area contributed by atoms with E-state index in [1.807, 2.05) is 39.9 Å². The summed E-state index contributed by atoms with van der Waals surface area (Å²) >= 11 is 0. The van der Waals surface area contributed by atoms with Crippen molar-refractivity contribution in [2.24, 2.45) is 0 Å². The molecular formula is C10H12BNO. The first kappa shape index (κ1) is 9.66. The van der Waals surface area contributed by atoms with E-state index in [1.165, 1.54) is 0 Å². The molecule has 2 nitrogen and oxygen atoms in total. The summed E-state index contributed by atoms with van der Waals surface area (Å²) in [4.78, 5) is 0. The van der Waals surface area contributed by atoms with Crippen molar-refractivity contribution in [3.8, 4) is 11.8 Å². The fourth-order valence-electron chi connectivity index (χ4n) is 1.09. The number of nitrogens with zero attached hydrogens (tertiary/aromatic N) is 1. The first-order valence-corrected chi connectivity index (χ1v) is 4.31. The quantitative estimate of drug-likeness (QED) is 0.613. The van der Waals surface area contributed by atoms with Crippen LogP contribution in [-0.2, 0) is 0 Å². The molecule has 0 saturated carbocycles. The van der Waals surface area contributed by atoms with E-state index in [2.05, 4.69) is 6.07 Å². The van der Waals surface area contributed by atoms with Crippen molar-refractivity contribution in [3.05, 3.63) is 23.8 Å². The number of nitriles is 1. The van der Waals surface area contributed by atoms with Crippen LogP contribution in [0.5, 0.6) is 5.75 Å². The number of hydrogen-bond donors (Lipinski definition) is 0. The molecule has 0 heterocycles. The lowest BCUT2D eigenvalue weighted by atomic mass is 9.94. The molecule has 1 rings (SSSR count). The number of hydrogen-bond acceptors (Lipinski definition) is 2. The molecule has 1 aromatic carbocycles. The molecule has 0 radical (unpaired) electrons. The Morgan fingerprint density at radius 2 is 2.15 bits per heavy atom. The number of rotatable bonds is 2. The van der Waals surface area contributed by atoms with Crippen molar-refractivity contribution in [1.82, 2.24) is 0 Å². The molecule has 0 aliphatic carbocycles. The zero-order valence-corrected chi connectivity index (χ0v) is 8.16. The molecule has 0 spiro atoms. The van der Waals surface area contributed by atoms with Crippen molar-refractivity contribution in [1.29, 1.82) is 5.26 Å². The Morgan fingerprint density at radius 1 is 1.46 bits per heavy atom. The van der Waals surface area contributed by atoms with Gasteiger partial charge in [-0.3, -0.25) is 0 Å². The molecule has 0 amide bonds. The molecular weight excluding hydrogens is 161 g/mol. The highest BCUT2D eigenvalue weighted by Gasteiger charge is 2.04. The smallest absolute Gasteiger partial charge is 0.139 e. The van der Waals surface area contributed by atoms with Gasteiger partial charge in [0, 0.05) is 0 Å². The number of ether oxygens (including phenoxy) is 1. The van der Waals surface area contributed by atoms with E-state index in [4.69, 9.17) is 10.00 Å². The summed E-state index contributed by atoms with van der Waals surface area (Å²) in [5.74, 6) is 0.670. The summed E-state index contributed by atoms with van der Waals surface area (Å²) < 4.78 is 5.47. The third kappa shape index (κ3) is 2.52. The van der Waals surface area contributed by atoms with Gasteiger partial charge in [0.2, 0.25) is 0 Å². The minimum absolute atomic E-state index is 0.106. The van der Waals surface area contributed by atoms with E-state index >= 15 is 0 Å². The van der Waals surface area contributed by atoms with Gasteiger partial charge in [0.1, 0.15) is 19.7 Å². The van der Waals surface area contributed by atoms with Crippen LogP contribution < -0.4 is 10.2 Å². The average Bonchev–Trinajstić information content (AvgIpc) is 2.07. The lowest BCUT2D eigenvalue weighted by Gasteiger charge is -2.11. The lowest BCUT2D eigenvalue weighted by molar-refractivity contribution is 0.242. The highest BCUT2D eigenvalue weighted by molar-refractivity contribution is 6.32. The third-order valence-electron chi connectivity index (χ3n) is 1.62. The van der Waals surface area contributed by atoms with Gasteiger partial charge in [0.25, 0.3) is 0 Å². The third-order valence-corrected chi connectivity index (χ3v) is 1.62. The van der Waals surface area contributed by atoms with Gasteiger partial charge in [0.05, 0.1) is 11.7 Å². The van der Waals surface area contributed by atoms with Crippen molar-refractivity contribution in [2.45, 2.75) is 20.0 Å². The highest BCUT2D eigenvalue weighted by atomic mass is 16.5. The van der Waals surface area contributed by atoms with Gasteiger partial charge in [0.15, 0.2) is 0 Å². The van der Waals surface area contributed by atoms with E-state index in [0.29, 0.717) is 11.3 Å². The molecule has 0 fully saturated rings. The summed E-state index contributed by atoms with van der Waals surface area (Å²) in [5.41, 5.74) is 1.68. The predicted octanol–water partition coefficient (Wildman–Crippen LogP) is 0.604. The monoisotopic (exact) mass is 173 g/mol. The molecule has 0 unspecified atom stereocenters. The Balaban J connectivity index is 3.01. The molecule has 0 saturated heterocycles. The van der Waals surface area contributed by atoms with Crippen LogP contribution in [0.1, 0.15) is 19.4 Å². The predicted molar refractivity (Wildman–Crippen MR) is 55.1 cm³/mol. The summed E-state index contributed by atoms with van der Waals surface area (Å²) in [5, 5.41) is 8.83. The van der Waals surface area contributed by atoms with E-state index in [1.54, 1.807) is 0 Å². The van der Waals surface area contributed by atoms with Crippen LogP contribution in [0.4, 0.5) is 0 Å². The summed E-state index contributed by atoms with van der Waals surface area (Å²) in [6, 6.07) is 7.73. The second kappa shape index (κ2) is 4.00. The van der Waals surface area contributed by atoms with Crippen LogP contribution in [0.15, 0.2) is 18.2 Å². The van der Waals surface area contributed by atoms with E-state index in [0.717, 1.165) is 5.46 Å². The maximum atomic E-state index is 8.83. The zero-order chi connectivity index (χ0) is 9.84. The van der Waals surface area contributed by atoms with Crippen molar-refractivity contribution in [2.75, 3.05) is 0 Å². The van der Waals surface area contributed by atoms with Gasteiger partial charge >= 0.3 is 0 Å². The van der Waals surface area contributed by atoms with Crippen LogP contribution in [-0.4, -0.2) is 14.0 Å². The summed E-state index contributed by atoms with van der Waals surface area (Å²) in [6.07, 6.45) is 0.106. The van der Waals surface area contributed by atoms with Crippen molar-refractivity contribution in [3.63, 3.8) is 0 Å². The van der Waals surface area contributed by atoms with Crippen LogP contribution in [0.2, 0.25) is 0 Å².